The quantitative estimate of drug-likeness (QED) is 0.888. The van der Waals surface area contributed by atoms with Crippen molar-refractivity contribution in [3.8, 4) is 0 Å². The minimum atomic E-state index is -0.910. The molecule has 2 rings (SSSR count). The second-order valence-electron chi connectivity index (χ2n) is 5.35. The van der Waals surface area contributed by atoms with Crippen LogP contribution in [0, 0.1) is 12.8 Å². The lowest BCUT2D eigenvalue weighted by Crippen LogP contribution is -2.49. The van der Waals surface area contributed by atoms with Gasteiger partial charge in [0.15, 0.2) is 0 Å². The topological polar surface area (TPSA) is 57.6 Å². The maximum absolute atomic E-state index is 12.4. The third-order valence-corrected chi connectivity index (χ3v) is 3.68. The summed E-state index contributed by atoms with van der Waals surface area (Å²) in [5, 5.41) is 9.28. The van der Waals surface area contributed by atoms with Crippen LogP contribution in [0.15, 0.2) is 24.3 Å². The van der Waals surface area contributed by atoms with E-state index in [0.717, 1.165) is 12.0 Å². The van der Waals surface area contributed by atoms with Gasteiger partial charge in [0, 0.05) is 12.1 Å². The van der Waals surface area contributed by atoms with E-state index in [1.54, 1.807) is 12.1 Å². The Morgan fingerprint density at radius 3 is 2.74 bits per heavy atom. The highest BCUT2D eigenvalue weighted by Crippen LogP contribution is 2.24. The van der Waals surface area contributed by atoms with Gasteiger partial charge in [-0.2, -0.15) is 0 Å². The highest BCUT2D eigenvalue weighted by molar-refractivity contribution is 5.96. The van der Waals surface area contributed by atoms with E-state index in [1.165, 1.54) is 4.90 Å². The molecule has 0 aliphatic carbocycles. The van der Waals surface area contributed by atoms with E-state index in [9.17, 15) is 14.7 Å². The van der Waals surface area contributed by atoms with Crippen molar-refractivity contribution < 1.29 is 14.7 Å². The van der Waals surface area contributed by atoms with Crippen LogP contribution in [0.1, 0.15) is 35.7 Å². The summed E-state index contributed by atoms with van der Waals surface area (Å²) in [6, 6.07) is 6.59. The summed E-state index contributed by atoms with van der Waals surface area (Å²) in [5.41, 5.74) is 1.57. The van der Waals surface area contributed by atoms with E-state index < -0.39 is 12.0 Å². The fourth-order valence-corrected chi connectivity index (χ4v) is 2.56. The molecule has 0 spiro atoms. The van der Waals surface area contributed by atoms with Crippen molar-refractivity contribution in [3.63, 3.8) is 0 Å². The number of aliphatic carboxylic acids is 1. The Labute approximate surface area is 113 Å². The first kappa shape index (κ1) is 13.6. The second kappa shape index (κ2) is 5.43. The number of likely N-dealkylation sites (tertiary alicyclic amines) is 1. The number of hydrogen-bond donors (Lipinski definition) is 1. The number of amides is 1. The minimum Gasteiger partial charge on any atom is -0.480 e. The van der Waals surface area contributed by atoms with E-state index in [1.807, 2.05) is 26.0 Å². The molecule has 0 bridgehead atoms. The van der Waals surface area contributed by atoms with E-state index in [4.69, 9.17) is 0 Å². The predicted molar refractivity (Wildman–Crippen MR) is 72.0 cm³/mol. The van der Waals surface area contributed by atoms with E-state index in [2.05, 4.69) is 0 Å². The molecular formula is C15H19NO3. The number of aryl methyl sites for hydroxylation is 1. The molecule has 19 heavy (non-hydrogen) atoms. The Bertz CT molecular complexity index is 498. The molecule has 1 aromatic carbocycles. The molecule has 4 heteroatoms. The number of benzene rings is 1. The number of carboxylic acid groups (broad SMARTS) is 1. The zero-order chi connectivity index (χ0) is 14.0. The molecule has 102 valence electrons. The van der Waals surface area contributed by atoms with Crippen LogP contribution in [0.2, 0.25) is 0 Å². The molecule has 1 aliphatic rings. The van der Waals surface area contributed by atoms with E-state index in [-0.39, 0.29) is 5.91 Å². The lowest BCUT2D eigenvalue weighted by Gasteiger charge is -2.36. The summed E-state index contributed by atoms with van der Waals surface area (Å²) in [5.74, 6) is -0.738. The predicted octanol–water partition coefficient (Wildman–Crippen LogP) is 2.32. The summed E-state index contributed by atoms with van der Waals surface area (Å²) < 4.78 is 0. The number of piperidine rings is 1. The summed E-state index contributed by atoms with van der Waals surface area (Å²) in [4.78, 5) is 25.3. The van der Waals surface area contributed by atoms with Crippen molar-refractivity contribution in [1.82, 2.24) is 4.90 Å². The van der Waals surface area contributed by atoms with Crippen LogP contribution in [-0.2, 0) is 4.79 Å². The Morgan fingerprint density at radius 2 is 2.11 bits per heavy atom. The van der Waals surface area contributed by atoms with Gasteiger partial charge in [-0.25, -0.2) is 4.79 Å². The fourth-order valence-electron chi connectivity index (χ4n) is 2.56. The van der Waals surface area contributed by atoms with Gasteiger partial charge in [-0.3, -0.25) is 4.79 Å². The van der Waals surface area contributed by atoms with Crippen molar-refractivity contribution in [2.24, 2.45) is 5.92 Å². The average molecular weight is 261 g/mol. The number of hydrogen-bond acceptors (Lipinski definition) is 2. The maximum atomic E-state index is 12.4. The Kier molecular flexibility index (Phi) is 3.88. The zero-order valence-corrected chi connectivity index (χ0v) is 11.3. The van der Waals surface area contributed by atoms with Gasteiger partial charge < -0.3 is 10.0 Å². The Balaban J connectivity index is 2.24. The molecule has 2 atom stereocenters. The van der Waals surface area contributed by atoms with Gasteiger partial charge in [0.1, 0.15) is 6.04 Å². The SMILES string of the molecule is Cc1cccc(C(=O)N2CCC(C)CC2C(=O)O)c1. The zero-order valence-electron chi connectivity index (χ0n) is 11.3. The summed E-state index contributed by atoms with van der Waals surface area (Å²) >= 11 is 0. The van der Waals surface area contributed by atoms with E-state index >= 15 is 0 Å². The van der Waals surface area contributed by atoms with E-state index in [0.29, 0.717) is 24.4 Å². The van der Waals surface area contributed by atoms with Gasteiger partial charge in [0.2, 0.25) is 0 Å². The maximum Gasteiger partial charge on any atom is 0.326 e. The molecule has 4 nitrogen and oxygen atoms in total. The number of carbonyl (C=O) groups is 2. The first-order valence-corrected chi connectivity index (χ1v) is 6.59. The molecular weight excluding hydrogens is 242 g/mol. The van der Waals surface area contributed by atoms with Crippen LogP contribution in [-0.4, -0.2) is 34.5 Å². The van der Waals surface area contributed by atoms with Gasteiger partial charge in [0.05, 0.1) is 0 Å². The number of nitrogens with zero attached hydrogens (tertiary/aromatic N) is 1. The average Bonchev–Trinajstić information content (AvgIpc) is 2.37. The van der Waals surface area contributed by atoms with Crippen LogP contribution in [0.25, 0.3) is 0 Å². The van der Waals surface area contributed by atoms with Crippen molar-refractivity contribution in [2.75, 3.05) is 6.54 Å². The van der Waals surface area contributed by atoms with Crippen molar-refractivity contribution in [2.45, 2.75) is 32.7 Å². The lowest BCUT2D eigenvalue weighted by atomic mass is 9.92. The van der Waals surface area contributed by atoms with Gasteiger partial charge in [-0.15, -0.1) is 0 Å². The van der Waals surface area contributed by atoms with Crippen LogP contribution in [0.4, 0.5) is 0 Å². The normalized spacial score (nSPS) is 23.2. The highest BCUT2D eigenvalue weighted by atomic mass is 16.4. The monoisotopic (exact) mass is 261 g/mol. The van der Waals surface area contributed by atoms with Gasteiger partial charge >= 0.3 is 5.97 Å². The second-order valence-corrected chi connectivity index (χ2v) is 5.35. The van der Waals surface area contributed by atoms with Crippen molar-refractivity contribution in [3.05, 3.63) is 35.4 Å². The molecule has 1 aliphatic heterocycles. The summed E-state index contributed by atoms with van der Waals surface area (Å²) in [6.07, 6.45) is 1.40. The molecule has 1 heterocycles. The Hall–Kier alpha value is -1.84. The minimum absolute atomic E-state index is 0.178. The fraction of sp³-hybridized carbons (Fsp3) is 0.467. The Morgan fingerprint density at radius 1 is 1.37 bits per heavy atom. The van der Waals surface area contributed by atoms with Crippen LogP contribution in [0.3, 0.4) is 0 Å². The summed E-state index contributed by atoms with van der Waals surface area (Å²) in [7, 11) is 0. The van der Waals surface area contributed by atoms with Crippen LogP contribution >= 0.6 is 0 Å². The van der Waals surface area contributed by atoms with Crippen LogP contribution in [0.5, 0.6) is 0 Å². The first-order chi connectivity index (χ1) is 8.99. The lowest BCUT2D eigenvalue weighted by molar-refractivity contribution is -0.144. The molecule has 1 fully saturated rings. The van der Waals surface area contributed by atoms with Gasteiger partial charge in [-0.1, -0.05) is 24.6 Å². The molecule has 0 aromatic heterocycles. The highest BCUT2D eigenvalue weighted by Gasteiger charge is 2.35. The number of carboxylic acids is 1. The molecule has 1 N–H and O–H groups in total. The third kappa shape index (κ3) is 2.95. The molecule has 1 amide bonds. The summed E-state index contributed by atoms with van der Waals surface area (Å²) in [6.45, 7) is 4.47. The van der Waals surface area contributed by atoms with Crippen molar-refractivity contribution >= 4 is 11.9 Å². The molecule has 2 unspecified atom stereocenters. The van der Waals surface area contributed by atoms with Crippen molar-refractivity contribution in [1.29, 1.82) is 0 Å². The molecule has 1 saturated heterocycles. The number of carbonyl (C=O) groups excluding carboxylic acids is 1. The van der Waals surface area contributed by atoms with Gasteiger partial charge in [-0.05, 0) is 37.8 Å². The molecule has 0 radical (unpaired) electrons. The smallest absolute Gasteiger partial charge is 0.326 e. The molecule has 0 saturated carbocycles. The standard InChI is InChI=1S/C15H19NO3/c1-10-4-3-5-12(8-10)14(17)16-7-6-11(2)9-13(16)15(18)19/h3-5,8,11,13H,6-7,9H2,1-2H3,(H,18,19). The number of rotatable bonds is 2. The molecule has 1 aromatic rings. The van der Waals surface area contributed by atoms with Crippen LogP contribution < -0.4 is 0 Å². The first-order valence-electron chi connectivity index (χ1n) is 6.59. The third-order valence-electron chi connectivity index (χ3n) is 3.68. The largest absolute Gasteiger partial charge is 0.480 e. The van der Waals surface area contributed by atoms with Gasteiger partial charge in [0.25, 0.3) is 5.91 Å².